The van der Waals surface area contributed by atoms with Crippen molar-refractivity contribution in [1.82, 2.24) is 20.2 Å². The van der Waals surface area contributed by atoms with Crippen molar-refractivity contribution in [3.05, 3.63) is 39.7 Å². The second kappa shape index (κ2) is 9.17. The number of halogens is 2. The van der Waals surface area contributed by atoms with E-state index in [1.165, 1.54) is 7.11 Å². The Labute approximate surface area is 183 Å². The third-order valence-electron chi connectivity index (χ3n) is 5.06. The lowest BCUT2D eigenvalue weighted by Gasteiger charge is -2.30. The Hall–Kier alpha value is -2.06. The minimum Gasteiger partial charge on any atom is -0.453 e. The number of aromatic amines is 1. The summed E-state index contributed by atoms with van der Waals surface area (Å²) in [5.74, 6) is 0.509. The van der Waals surface area contributed by atoms with Gasteiger partial charge >= 0.3 is 6.09 Å². The zero-order valence-electron chi connectivity index (χ0n) is 16.5. The number of nitrogens with zero attached hydrogens (tertiary/aromatic N) is 2. The van der Waals surface area contributed by atoms with Gasteiger partial charge in [0.1, 0.15) is 11.9 Å². The lowest BCUT2D eigenvalue weighted by Crippen LogP contribution is -2.51. The molecule has 1 fully saturated rings. The number of rotatable bonds is 5. The van der Waals surface area contributed by atoms with Gasteiger partial charge in [0, 0.05) is 16.6 Å². The molecule has 9 heteroatoms. The molecule has 1 saturated heterocycles. The standard InChI is InChI=1S/C20H24BrClN4O3/c1-11(2)17(25-20(28)29-3)19(27)26-8-4-5-16(26)18-23-10-15(24-18)13-7-6-12(21)9-14(13)22/h6-7,9-11,16-17H,4-5,8H2,1-3H3,(H,23,24)(H,25,28)/t16-,17-/m0/s1. The quantitative estimate of drug-likeness (QED) is 0.654. The molecule has 2 heterocycles. The van der Waals surface area contributed by atoms with Gasteiger partial charge < -0.3 is 19.9 Å². The number of hydrogen-bond donors (Lipinski definition) is 2. The number of aromatic nitrogens is 2. The van der Waals surface area contributed by atoms with E-state index in [0.717, 1.165) is 28.6 Å². The number of alkyl carbamates (subject to hydrolysis) is 1. The van der Waals surface area contributed by atoms with Gasteiger partial charge in [0.25, 0.3) is 0 Å². The van der Waals surface area contributed by atoms with Gasteiger partial charge in [-0.25, -0.2) is 9.78 Å². The third kappa shape index (κ3) is 4.75. The molecule has 0 saturated carbocycles. The zero-order chi connectivity index (χ0) is 21.1. The number of carbonyl (C=O) groups excluding carboxylic acids is 2. The Morgan fingerprint density at radius 1 is 1.41 bits per heavy atom. The molecule has 1 aromatic heterocycles. The first-order chi connectivity index (χ1) is 13.8. The van der Waals surface area contributed by atoms with Crippen molar-refractivity contribution >= 4 is 39.5 Å². The minimum absolute atomic E-state index is 0.0726. The van der Waals surface area contributed by atoms with E-state index < -0.39 is 12.1 Å². The maximum Gasteiger partial charge on any atom is 0.407 e. The van der Waals surface area contributed by atoms with Crippen molar-refractivity contribution in [3.8, 4) is 11.3 Å². The molecule has 2 N–H and O–H groups in total. The second-order valence-corrected chi connectivity index (χ2v) is 8.68. The van der Waals surface area contributed by atoms with Crippen LogP contribution in [0.2, 0.25) is 5.02 Å². The molecule has 1 aliphatic heterocycles. The van der Waals surface area contributed by atoms with Crippen LogP contribution in [0.4, 0.5) is 4.79 Å². The molecule has 2 amide bonds. The van der Waals surface area contributed by atoms with Crippen LogP contribution in [0.3, 0.4) is 0 Å². The van der Waals surface area contributed by atoms with Crippen LogP contribution in [0.25, 0.3) is 11.3 Å². The van der Waals surface area contributed by atoms with E-state index >= 15 is 0 Å². The highest BCUT2D eigenvalue weighted by Crippen LogP contribution is 2.34. The predicted octanol–water partition coefficient (Wildman–Crippen LogP) is 4.54. The Balaban J connectivity index is 1.82. The first kappa shape index (κ1) is 21.6. The van der Waals surface area contributed by atoms with Crippen LogP contribution in [0.1, 0.15) is 38.6 Å². The van der Waals surface area contributed by atoms with Gasteiger partial charge in [-0.1, -0.05) is 47.4 Å². The van der Waals surface area contributed by atoms with Crippen LogP contribution >= 0.6 is 27.5 Å². The number of carbonyl (C=O) groups is 2. The van der Waals surface area contributed by atoms with Crippen molar-refractivity contribution in [3.63, 3.8) is 0 Å². The predicted molar refractivity (Wildman–Crippen MR) is 115 cm³/mol. The van der Waals surface area contributed by atoms with Gasteiger partial charge in [-0.05, 0) is 30.9 Å². The molecule has 0 spiro atoms. The van der Waals surface area contributed by atoms with Crippen LogP contribution in [0.15, 0.2) is 28.9 Å². The van der Waals surface area contributed by atoms with Gasteiger partial charge in [-0.2, -0.15) is 0 Å². The SMILES string of the molecule is COC(=O)N[C@H](C(=O)N1CCC[C@H]1c1ncc(-c2ccc(Br)cc2Cl)[nH]1)C(C)C. The molecule has 0 unspecified atom stereocenters. The molecule has 0 bridgehead atoms. The van der Waals surface area contributed by atoms with Crippen molar-refractivity contribution in [2.24, 2.45) is 5.92 Å². The highest BCUT2D eigenvalue weighted by atomic mass is 79.9. The zero-order valence-corrected chi connectivity index (χ0v) is 18.9. The molecule has 29 heavy (non-hydrogen) atoms. The molecule has 7 nitrogen and oxygen atoms in total. The van der Waals surface area contributed by atoms with Gasteiger partial charge in [0.15, 0.2) is 0 Å². The third-order valence-corrected chi connectivity index (χ3v) is 5.87. The van der Waals surface area contributed by atoms with Crippen molar-refractivity contribution in [2.75, 3.05) is 13.7 Å². The molecular formula is C20H24BrClN4O3. The molecular weight excluding hydrogens is 460 g/mol. The van der Waals surface area contributed by atoms with Gasteiger partial charge in [-0.15, -0.1) is 0 Å². The Bertz CT molecular complexity index is 902. The summed E-state index contributed by atoms with van der Waals surface area (Å²) in [5.41, 5.74) is 1.64. The molecule has 0 aliphatic carbocycles. The Morgan fingerprint density at radius 2 is 2.17 bits per heavy atom. The van der Waals surface area contributed by atoms with Crippen molar-refractivity contribution in [2.45, 2.75) is 38.8 Å². The largest absolute Gasteiger partial charge is 0.453 e. The van der Waals surface area contributed by atoms with E-state index in [0.29, 0.717) is 17.4 Å². The van der Waals surface area contributed by atoms with E-state index in [4.69, 9.17) is 11.6 Å². The van der Waals surface area contributed by atoms with Crippen LogP contribution in [-0.4, -0.2) is 46.6 Å². The van der Waals surface area contributed by atoms with Crippen molar-refractivity contribution in [1.29, 1.82) is 0 Å². The number of nitrogens with one attached hydrogen (secondary N) is 2. The topological polar surface area (TPSA) is 87.3 Å². The minimum atomic E-state index is -0.654. The highest BCUT2D eigenvalue weighted by Gasteiger charge is 2.37. The lowest BCUT2D eigenvalue weighted by atomic mass is 10.0. The fraction of sp³-hybridized carbons (Fsp3) is 0.450. The number of ether oxygens (including phenoxy) is 1. The Morgan fingerprint density at radius 3 is 2.83 bits per heavy atom. The van der Waals surface area contributed by atoms with Gasteiger partial charge in [0.05, 0.1) is 30.1 Å². The average Bonchev–Trinajstić information content (AvgIpc) is 3.34. The molecule has 3 rings (SSSR count). The van der Waals surface area contributed by atoms with E-state index in [9.17, 15) is 9.59 Å². The number of likely N-dealkylation sites (tertiary alicyclic amines) is 1. The summed E-state index contributed by atoms with van der Waals surface area (Å²) in [4.78, 5) is 34.5. The molecule has 0 radical (unpaired) electrons. The fourth-order valence-corrected chi connectivity index (χ4v) is 4.32. The molecule has 1 aromatic carbocycles. The number of H-pyrrole nitrogens is 1. The van der Waals surface area contributed by atoms with Gasteiger partial charge in [-0.3, -0.25) is 4.79 Å². The fourth-order valence-electron chi connectivity index (χ4n) is 3.54. The summed E-state index contributed by atoms with van der Waals surface area (Å²) in [6, 6.07) is 4.83. The average molecular weight is 484 g/mol. The van der Waals surface area contributed by atoms with E-state index in [1.54, 1.807) is 11.1 Å². The molecule has 2 aromatic rings. The number of amides is 2. The number of benzene rings is 1. The van der Waals surface area contributed by atoms with Crippen LogP contribution < -0.4 is 5.32 Å². The van der Waals surface area contributed by atoms with Crippen LogP contribution in [0, 0.1) is 5.92 Å². The maximum atomic E-state index is 13.2. The second-order valence-electron chi connectivity index (χ2n) is 7.35. The number of methoxy groups -OCH3 is 1. The summed E-state index contributed by atoms with van der Waals surface area (Å²) < 4.78 is 5.57. The first-order valence-corrected chi connectivity index (χ1v) is 10.6. The summed E-state index contributed by atoms with van der Waals surface area (Å²) in [7, 11) is 1.29. The lowest BCUT2D eigenvalue weighted by molar-refractivity contribution is -0.135. The maximum absolute atomic E-state index is 13.2. The van der Waals surface area contributed by atoms with E-state index in [-0.39, 0.29) is 17.9 Å². The van der Waals surface area contributed by atoms with Crippen LogP contribution in [-0.2, 0) is 9.53 Å². The number of imidazole rings is 1. The molecule has 1 aliphatic rings. The summed E-state index contributed by atoms with van der Waals surface area (Å²) in [6.45, 7) is 4.40. The highest BCUT2D eigenvalue weighted by molar-refractivity contribution is 9.10. The Kier molecular flexibility index (Phi) is 6.85. The first-order valence-electron chi connectivity index (χ1n) is 9.47. The van der Waals surface area contributed by atoms with Crippen molar-refractivity contribution < 1.29 is 14.3 Å². The van der Waals surface area contributed by atoms with Gasteiger partial charge in [0.2, 0.25) is 5.91 Å². The molecule has 2 atom stereocenters. The van der Waals surface area contributed by atoms with E-state index in [1.807, 2.05) is 32.0 Å². The van der Waals surface area contributed by atoms with E-state index in [2.05, 4.69) is 36.0 Å². The molecule has 156 valence electrons. The van der Waals surface area contributed by atoms with Crippen LogP contribution in [0.5, 0.6) is 0 Å². The summed E-state index contributed by atoms with van der Waals surface area (Å²) in [6.07, 6.45) is 2.79. The monoisotopic (exact) mass is 482 g/mol. The number of hydrogen-bond acceptors (Lipinski definition) is 4. The summed E-state index contributed by atoms with van der Waals surface area (Å²) in [5, 5.41) is 3.26. The smallest absolute Gasteiger partial charge is 0.407 e. The summed E-state index contributed by atoms with van der Waals surface area (Å²) >= 11 is 9.76. The normalized spacial score (nSPS) is 17.4.